The Balaban J connectivity index is 1.36. The van der Waals surface area contributed by atoms with Crippen molar-refractivity contribution in [3.63, 3.8) is 0 Å². The van der Waals surface area contributed by atoms with Crippen molar-refractivity contribution >= 4 is 23.5 Å². The standard InChI is InChI=1S/C23H26N2O5/c1-16-8-12-18(13-9-16)29-14-4-7-22(27)30-15-21(26)25-20-6-3-2-5-19(20)23(28)24-17-10-11-17/h2-3,5-6,8-9,12-13,17H,4,7,10-11,14-15H2,1H3,(H,24,28)(H,25,26). The molecule has 7 nitrogen and oxygen atoms in total. The molecule has 0 bridgehead atoms. The van der Waals surface area contributed by atoms with Crippen LogP contribution in [0.25, 0.3) is 0 Å². The van der Waals surface area contributed by atoms with E-state index in [-0.39, 0.29) is 18.4 Å². The third kappa shape index (κ3) is 6.92. The maximum atomic E-state index is 12.3. The first-order valence-electron chi connectivity index (χ1n) is 10.1. The highest BCUT2D eigenvalue weighted by atomic mass is 16.5. The summed E-state index contributed by atoms with van der Waals surface area (Å²) in [5.41, 5.74) is 1.93. The van der Waals surface area contributed by atoms with Crippen LogP contribution in [0.1, 0.15) is 41.6 Å². The van der Waals surface area contributed by atoms with E-state index in [0.717, 1.165) is 24.2 Å². The second-order valence-electron chi connectivity index (χ2n) is 7.27. The zero-order valence-corrected chi connectivity index (χ0v) is 17.0. The Hall–Kier alpha value is -3.35. The number of aryl methyl sites for hydroxylation is 1. The van der Waals surface area contributed by atoms with Crippen molar-refractivity contribution in [2.45, 2.75) is 38.6 Å². The van der Waals surface area contributed by atoms with Gasteiger partial charge in [0.25, 0.3) is 11.8 Å². The molecule has 30 heavy (non-hydrogen) atoms. The Kier molecular flexibility index (Phi) is 7.43. The van der Waals surface area contributed by atoms with Gasteiger partial charge >= 0.3 is 5.97 Å². The van der Waals surface area contributed by atoms with Crippen molar-refractivity contribution < 1.29 is 23.9 Å². The van der Waals surface area contributed by atoms with Crippen LogP contribution in [0.5, 0.6) is 5.75 Å². The van der Waals surface area contributed by atoms with Crippen molar-refractivity contribution in [2.24, 2.45) is 0 Å². The van der Waals surface area contributed by atoms with E-state index in [2.05, 4.69) is 10.6 Å². The Morgan fingerprint density at radius 1 is 1.03 bits per heavy atom. The number of carbonyl (C=O) groups excluding carboxylic acids is 3. The van der Waals surface area contributed by atoms with E-state index < -0.39 is 18.5 Å². The summed E-state index contributed by atoms with van der Waals surface area (Å²) in [7, 11) is 0. The lowest BCUT2D eigenvalue weighted by Crippen LogP contribution is -2.28. The molecule has 2 amide bonds. The van der Waals surface area contributed by atoms with Crippen LogP contribution in [-0.2, 0) is 14.3 Å². The summed E-state index contributed by atoms with van der Waals surface area (Å²) in [5, 5.41) is 5.52. The minimum absolute atomic E-state index is 0.152. The first-order valence-corrected chi connectivity index (χ1v) is 10.1. The molecule has 2 N–H and O–H groups in total. The number of rotatable bonds is 10. The molecule has 0 heterocycles. The lowest BCUT2D eigenvalue weighted by Gasteiger charge is -2.11. The quantitative estimate of drug-likeness (QED) is 0.463. The minimum Gasteiger partial charge on any atom is -0.494 e. The zero-order valence-electron chi connectivity index (χ0n) is 17.0. The summed E-state index contributed by atoms with van der Waals surface area (Å²) in [6.07, 6.45) is 2.59. The number of ether oxygens (including phenoxy) is 2. The number of para-hydroxylation sites is 1. The summed E-state index contributed by atoms with van der Waals surface area (Å²) in [6, 6.07) is 14.6. The van der Waals surface area contributed by atoms with Gasteiger partial charge < -0.3 is 20.1 Å². The molecule has 2 aromatic rings. The Morgan fingerprint density at radius 2 is 1.77 bits per heavy atom. The summed E-state index contributed by atoms with van der Waals surface area (Å²) in [6.45, 7) is 1.97. The molecule has 1 aliphatic carbocycles. The minimum atomic E-state index is -0.495. The Labute approximate surface area is 175 Å². The predicted octanol–water partition coefficient (Wildman–Crippen LogP) is 3.23. The first-order chi connectivity index (χ1) is 14.5. The summed E-state index contributed by atoms with van der Waals surface area (Å²) >= 11 is 0. The molecule has 0 radical (unpaired) electrons. The molecule has 158 valence electrons. The summed E-state index contributed by atoms with van der Waals surface area (Å²) in [5.74, 6) is -0.444. The lowest BCUT2D eigenvalue weighted by molar-refractivity contribution is -0.147. The molecule has 0 aromatic heterocycles. The van der Waals surface area contributed by atoms with Gasteiger partial charge in [-0.2, -0.15) is 0 Å². The number of hydrogen-bond donors (Lipinski definition) is 2. The number of hydrogen-bond acceptors (Lipinski definition) is 5. The van der Waals surface area contributed by atoms with Gasteiger partial charge in [0.05, 0.1) is 17.9 Å². The van der Waals surface area contributed by atoms with Gasteiger partial charge in [0, 0.05) is 12.5 Å². The molecular formula is C23H26N2O5. The number of benzene rings is 2. The molecule has 0 aliphatic heterocycles. The zero-order chi connectivity index (χ0) is 21.3. The van der Waals surface area contributed by atoms with Gasteiger partial charge in [-0.15, -0.1) is 0 Å². The van der Waals surface area contributed by atoms with Gasteiger partial charge in [-0.05, 0) is 50.5 Å². The Morgan fingerprint density at radius 3 is 2.50 bits per heavy atom. The van der Waals surface area contributed by atoms with Crippen LogP contribution in [0.3, 0.4) is 0 Å². The average molecular weight is 410 g/mol. The molecule has 7 heteroatoms. The molecule has 0 saturated heterocycles. The number of esters is 1. The monoisotopic (exact) mass is 410 g/mol. The van der Waals surface area contributed by atoms with E-state index in [4.69, 9.17) is 9.47 Å². The van der Waals surface area contributed by atoms with Crippen LogP contribution in [0, 0.1) is 6.92 Å². The summed E-state index contributed by atoms with van der Waals surface area (Å²) in [4.78, 5) is 36.2. The predicted molar refractivity (Wildman–Crippen MR) is 112 cm³/mol. The third-order valence-corrected chi connectivity index (χ3v) is 4.54. The highest BCUT2D eigenvalue weighted by Crippen LogP contribution is 2.21. The van der Waals surface area contributed by atoms with Crippen LogP contribution in [0.2, 0.25) is 0 Å². The largest absolute Gasteiger partial charge is 0.494 e. The molecule has 1 aliphatic rings. The first kappa shape index (κ1) is 21.4. The second kappa shape index (κ2) is 10.4. The molecule has 3 rings (SSSR count). The molecule has 0 atom stereocenters. The highest BCUT2D eigenvalue weighted by molar-refractivity contribution is 6.04. The van der Waals surface area contributed by atoms with E-state index in [0.29, 0.717) is 24.3 Å². The highest BCUT2D eigenvalue weighted by Gasteiger charge is 2.25. The molecule has 2 aromatic carbocycles. The van der Waals surface area contributed by atoms with E-state index in [9.17, 15) is 14.4 Å². The fraction of sp³-hybridized carbons (Fsp3) is 0.348. The van der Waals surface area contributed by atoms with Gasteiger partial charge in [-0.3, -0.25) is 14.4 Å². The van der Waals surface area contributed by atoms with Crippen LogP contribution in [0.15, 0.2) is 48.5 Å². The molecule has 1 saturated carbocycles. The number of carbonyl (C=O) groups is 3. The summed E-state index contributed by atoms with van der Waals surface area (Å²) < 4.78 is 10.6. The number of anilines is 1. The van der Waals surface area contributed by atoms with Gasteiger partial charge in [0.2, 0.25) is 0 Å². The molecule has 1 fully saturated rings. The normalized spacial score (nSPS) is 12.7. The second-order valence-corrected chi connectivity index (χ2v) is 7.27. The number of nitrogens with one attached hydrogen (secondary N) is 2. The van der Waals surface area contributed by atoms with Crippen molar-refractivity contribution in [3.8, 4) is 5.75 Å². The molecule has 0 spiro atoms. The third-order valence-electron chi connectivity index (χ3n) is 4.54. The average Bonchev–Trinajstić information content (AvgIpc) is 3.55. The fourth-order valence-electron chi connectivity index (χ4n) is 2.73. The fourth-order valence-corrected chi connectivity index (χ4v) is 2.73. The van der Waals surface area contributed by atoms with E-state index in [1.54, 1.807) is 24.3 Å². The molecular weight excluding hydrogens is 384 g/mol. The maximum Gasteiger partial charge on any atom is 0.306 e. The molecule has 0 unspecified atom stereocenters. The van der Waals surface area contributed by atoms with Crippen molar-refractivity contribution in [1.29, 1.82) is 0 Å². The van der Waals surface area contributed by atoms with Gasteiger partial charge in [0.15, 0.2) is 6.61 Å². The van der Waals surface area contributed by atoms with E-state index in [1.165, 1.54) is 0 Å². The van der Waals surface area contributed by atoms with Crippen molar-refractivity contribution in [3.05, 3.63) is 59.7 Å². The lowest BCUT2D eigenvalue weighted by atomic mass is 10.1. The van der Waals surface area contributed by atoms with Crippen LogP contribution in [0.4, 0.5) is 5.69 Å². The van der Waals surface area contributed by atoms with Gasteiger partial charge in [-0.1, -0.05) is 29.8 Å². The number of amides is 2. The van der Waals surface area contributed by atoms with Crippen molar-refractivity contribution in [2.75, 3.05) is 18.5 Å². The topological polar surface area (TPSA) is 93.7 Å². The van der Waals surface area contributed by atoms with Crippen LogP contribution in [-0.4, -0.2) is 37.0 Å². The maximum absolute atomic E-state index is 12.3. The van der Waals surface area contributed by atoms with E-state index >= 15 is 0 Å². The van der Waals surface area contributed by atoms with Crippen LogP contribution >= 0.6 is 0 Å². The van der Waals surface area contributed by atoms with Gasteiger partial charge in [0.1, 0.15) is 5.75 Å². The smallest absolute Gasteiger partial charge is 0.306 e. The van der Waals surface area contributed by atoms with Crippen molar-refractivity contribution in [1.82, 2.24) is 5.32 Å². The van der Waals surface area contributed by atoms with Gasteiger partial charge in [-0.25, -0.2) is 0 Å². The Bertz CT molecular complexity index is 891. The van der Waals surface area contributed by atoms with Crippen LogP contribution < -0.4 is 15.4 Å². The SMILES string of the molecule is Cc1ccc(OCCCC(=O)OCC(=O)Nc2ccccc2C(=O)NC2CC2)cc1. The van der Waals surface area contributed by atoms with E-state index in [1.807, 2.05) is 31.2 Å².